The first-order chi connectivity index (χ1) is 11.7. The van der Waals surface area contributed by atoms with Gasteiger partial charge in [-0.1, -0.05) is 72.8 Å². The predicted octanol–water partition coefficient (Wildman–Crippen LogP) is 6.77. The van der Waals surface area contributed by atoms with Crippen LogP contribution in [0.4, 0.5) is 0 Å². The van der Waals surface area contributed by atoms with Crippen molar-refractivity contribution in [2.75, 3.05) is 0 Å². The van der Waals surface area contributed by atoms with Crippen LogP contribution in [-0.2, 0) is 0 Å². The van der Waals surface area contributed by atoms with Crippen LogP contribution in [0.3, 0.4) is 0 Å². The zero-order valence-electron chi connectivity index (χ0n) is 13.9. The zero-order valence-corrected chi connectivity index (χ0v) is 13.9. The fraction of sp³-hybridized carbons (Fsp3) is 0.0833. The zero-order chi connectivity index (χ0) is 16.3. The molecule has 0 atom stereocenters. The second-order valence-electron chi connectivity index (χ2n) is 6.74. The smallest absolute Gasteiger partial charge is 0.00264 e. The molecule has 0 saturated carbocycles. The first kappa shape index (κ1) is 13.6. The molecule has 1 aliphatic carbocycles. The minimum absolute atomic E-state index is 1.31. The first-order valence-electron chi connectivity index (χ1n) is 8.47. The van der Waals surface area contributed by atoms with Crippen molar-refractivity contribution in [3.8, 4) is 33.4 Å². The van der Waals surface area contributed by atoms with Gasteiger partial charge < -0.3 is 0 Å². The normalized spacial score (nSPS) is 11.8. The summed E-state index contributed by atoms with van der Waals surface area (Å²) in [6.07, 6.45) is 0. The van der Waals surface area contributed by atoms with Crippen LogP contribution in [0.15, 0.2) is 72.8 Å². The van der Waals surface area contributed by atoms with Gasteiger partial charge in [-0.05, 0) is 69.1 Å². The largest absolute Gasteiger partial charge is 0.0616 e. The quantitative estimate of drug-likeness (QED) is 0.296. The summed E-state index contributed by atoms with van der Waals surface area (Å²) in [6.45, 7) is 4.41. The molecule has 1 aliphatic rings. The average Bonchev–Trinajstić information content (AvgIpc) is 2.73. The molecule has 0 aromatic heterocycles. The van der Waals surface area contributed by atoms with Crippen molar-refractivity contribution in [1.82, 2.24) is 0 Å². The highest BCUT2D eigenvalue weighted by Crippen LogP contribution is 2.47. The summed E-state index contributed by atoms with van der Waals surface area (Å²) < 4.78 is 0. The summed E-state index contributed by atoms with van der Waals surface area (Å²) in [5.41, 5.74) is 10.7. The van der Waals surface area contributed by atoms with Crippen molar-refractivity contribution in [3.63, 3.8) is 0 Å². The highest BCUT2D eigenvalue weighted by atomic mass is 14.2. The molecule has 0 spiro atoms. The third kappa shape index (κ3) is 1.74. The topological polar surface area (TPSA) is 0 Å². The highest BCUT2D eigenvalue weighted by molar-refractivity contribution is 6.13. The molecule has 0 unspecified atom stereocenters. The average molecular weight is 306 g/mol. The molecule has 0 radical (unpaired) electrons. The number of rotatable bonds is 0. The summed E-state index contributed by atoms with van der Waals surface area (Å²) in [7, 11) is 0. The fourth-order valence-electron chi connectivity index (χ4n) is 4.00. The molecule has 4 aromatic carbocycles. The molecule has 0 nitrogen and oxygen atoms in total. The molecular weight excluding hydrogens is 288 g/mol. The van der Waals surface area contributed by atoms with Crippen molar-refractivity contribution in [2.45, 2.75) is 13.8 Å². The van der Waals surface area contributed by atoms with Crippen LogP contribution in [0.1, 0.15) is 11.1 Å². The van der Waals surface area contributed by atoms with E-state index in [2.05, 4.69) is 86.6 Å². The van der Waals surface area contributed by atoms with Crippen molar-refractivity contribution in [2.24, 2.45) is 0 Å². The Morgan fingerprint density at radius 3 is 1.54 bits per heavy atom. The lowest BCUT2D eigenvalue weighted by Gasteiger charge is -2.13. The Morgan fingerprint density at radius 1 is 0.458 bits per heavy atom. The molecule has 0 N–H and O–H groups in total. The van der Waals surface area contributed by atoms with Gasteiger partial charge in [-0.25, -0.2) is 0 Å². The van der Waals surface area contributed by atoms with Gasteiger partial charge in [0.05, 0.1) is 0 Å². The predicted molar refractivity (Wildman–Crippen MR) is 103 cm³/mol. The van der Waals surface area contributed by atoms with Crippen LogP contribution < -0.4 is 0 Å². The molecule has 0 heterocycles. The van der Waals surface area contributed by atoms with Crippen LogP contribution in [0.5, 0.6) is 0 Å². The Labute approximate surface area is 142 Å². The van der Waals surface area contributed by atoms with Crippen LogP contribution in [0.2, 0.25) is 0 Å². The van der Waals surface area contributed by atoms with Gasteiger partial charge in [0.25, 0.3) is 0 Å². The molecule has 0 fully saturated rings. The monoisotopic (exact) mass is 306 g/mol. The molecule has 0 amide bonds. The number of fused-ring (bicyclic) bond motifs is 5. The molecular formula is C24H18. The standard InChI is InChI=1S/C24H18/c1-15-13-22-19-10-4-3-9-18(19)20-11-5-7-17-8-6-12-21(24(17)20)23(22)14-16(15)2/h3-14H,1-2H3. The Hall–Kier alpha value is -2.86. The SMILES string of the molecule is Cc1cc2c(cc1C)-c1cccc3cccc(c13)-c1ccccc1-2. The Morgan fingerprint density at radius 2 is 0.917 bits per heavy atom. The van der Waals surface area contributed by atoms with Crippen molar-refractivity contribution in [1.29, 1.82) is 0 Å². The van der Waals surface area contributed by atoms with Gasteiger partial charge in [0.2, 0.25) is 0 Å². The molecule has 0 aliphatic heterocycles. The summed E-state index contributed by atoms with van der Waals surface area (Å²) in [4.78, 5) is 0. The summed E-state index contributed by atoms with van der Waals surface area (Å²) in [5, 5.41) is 2.68. The minimum atomic E-state index is 1.31. The van der Waals surface area contributed by atoms with E-state index in [1.165, 1.54) is 55.3 Å². The maximum atomic E-state index is 2.36. The van der Waals surface area contributed by atoms with Crippen molar-refractivity contribution >= 4 is 10.8 Å². The first-order valence-corrected chi connectivity index (χ1v) is 8.47. The lowest BCUT2D eigenvalue weighted by Crippen LogP contribution is -1.89. The summed E-state index contributed by atoms with van der Waals surface area (Å²) in [6, 6.07) is 26.8. The minimum Gasteiger partial charge on any atom is -0.0616 e. The number of aryl methyl sites for hydroxylation is 2. The van der Waals surface area contributed by atoms with Gasteiger partial charge in [-0.3, -0.25) is 0 Å². The van der Waals surface area contributed by atoms with E-state index >= 15 is 0 Å². The van der Waals surface area contributed by atoms with Gasteiger partial charge in [0.15, 0.2) is 0 Å². The van der Waals surface area contributed by atoms with Crippen LogP contribution in [-0.4, -0.2) is 0 Å². The fourth-order valence-corrected chi connectivity index (χ4v) is 4.00. The molecule has 5 rings (SSSR count). The van der Waals surface area contributed by atoms with Crippen molar-refractivity contribution in [3.05, 3.63) is 83.9 Å². The number of hydrogen-bond acceptors (Lipinski definition) is 0. The van der Waals surface area contributed by atoms with E-state index < -0.39 is 0 Å². The van der Waals surface area contributed by atoms with Gasteiger partial charge in [-0.15, -0.1) is 0 Å². The molecule has 0 bridgehead atoms. The van der Waals surface area contributed by atoms with Gasteiger partial charge >= 0.3 is 0 Å². The molecule has 0 heteroatoms. The van der Waals surface area contributed by atoms with E-state index in [1.807, 2.05) is 0 Å². The molecule has 4 aromatic rings. The van der Waals surface area contributed by atoms with Crippen LogP contribution in [0, 0.1) is 13.8 Å². The van der Waals surface area contributed by atoms with E-state index in [4.69, 9.17) is 0 Å². The van der Waals surface area contributed by atoms with E-state index in [1.54, 1.807) is 0 Å². The number of hydrogen-bond donors (Lipinski definition) is 0. The van der Waals surface area contributed by atoms with E-state index in [0.717, 1.165) is 0 Å². The summed E-state index contributed by atoms with van der Waals surface area (Å²) in [5.74, 6) is 0. The maximum Gasteiger partial charge on any atom is -0.00264 e. The highest BCUT2D eigenvalue weighted by Gasteiger charge is 2.21. The molecule has 0 saturated heterocycles. The number of benzene rings is 4. The third-order valence-corrected chi connectivity index (χ3v) is 5.34. The van der Waals surface area contributed by atoms with Gasteiger partial charge in [-0.2, -0.15) is 0 Å². The van der Waals surface area contributed by atoms with E-state index in [0.29, 0.717) is 0 Å². The van der Waals surface area contributed by atoms with E-state index in [-0.39, 0.29) is 0 Å². The second-order valence-corrected chi connectivity index (χ2v) is 6.74. The maximum absolute atomic E-state index is 2.36. The van der Waals surface area contributed by atoms with Crippen LogP contribution >= 0.6 is 0 Å². The second kappa shape index (κ2) is 4.82. The Bertz CT molecular complexity index is 1110. The molecule has 24 heavy (non-hydrogen) atoms. The molecule has 114 valence electrons. The third-order valence-electron chi connectivity index (χ3n) is 5.34. The van der Waals surface area contributed by atoms with Crippen LogP contribution in [0.25, 0.3) is 44.2 Å². The Balaban J connectivity index is 2.08. The lowest BCUT2D eigenvalue weighted by atomic mass is 9.90. The van der Waals surface area contributed by atoms with Crippen molar-refractivity contribution < 1.29 is 0 Å². The van der Waals surface area contributed by atoms with E-state index in [9.17, 15) is 0 Å². The Kier molecular flexibility index (Phi) is 2.72. The summed E-state index contributed by atoms with van der Waals surface area (Å²) >= 11 is 0. The van der Waals surface area contributed by atoms with Gasteiger partial charge in [0.1, 0.15) is 0 Å². The lowest BCUT2D eigenvalue weighted by molar-refractivity contribution is 1.34. The van der Waals surface area contributed by atoms with Gasteiger partial charge in [0, 0.05) is 0 Å².